The third-order valence-corrected chi connectivity index (χ3v) is 3.03. The van der Waals surface area contributed by atoms with Gasteiger partial charge in [0.25, 0.3) is 0 Å². The molecule has 0 atom stereocenters. The van der Waals surface area contributed by atoms with E-state index in [1.807, 2.05) is 0 Å². The highest BCUT2D eigenvalue weighted by Gasteiger charge is 2.06. The molecule has 0 aromatic heterocycles. The monoisotopic (exact) mass is 302 g/mol. The molecule has 0 N–H and O–H groups in total. The van der Waals surface area contributed by atoms with Crippen LogP contribution in [0.3, 0.4) is 0 Å². The number of alkyl halides is 1. The topological polar surface area (TPSA) is 9.23 Å². The zero-order chi connectivity index (χ0) is 13.8. The third-order valence-electron chi connectivity index (χ3n) is 2.49. The van der Waals surface area contributed by atoms with Gasteiger partial charge in [0.15, 0.2) is 0 Å². The summed E-state index contributed by atoms with van der Waals surface area (Å²) >= 11 is 11.4. The Morgan fingerprint density at radius 3 is 2.58 bits per heavy atom. The van der Waals surface area contributed by atoms with Crippen molar-refractivity contribution >= 4 is 23.2 Å². The third kappa shape index (κ3) is 3.82. The minimum atomic E-state index is -0.445. The predicted molar refractivity (Wildman–Crippen MR) is 71.7 cm³/mol. The SMILES string of the molecule is Fc1cc(CCl)cc(OCc2cc(Cl)ccc2F)c1. The molecule has 2 aromatic rings. The Hall–Kier alpha value is -1.32. The highest BCUT2D eigenvalue weighted by Crippen LogP contribution is 2.21. The Morgan fingerprint density at radius 1 is 1.05 bits per heavy atom. The number of hydrogen-bond donors (Lipinski definition) is 0. The van der Waals surface area contributed by atoms with E-state index < -0.39 is 11.6 Å². The summed E-state index contributed by atoms with van der Waals surface area (Å²) < 4.78 is 32.1. The Bertz CT molecular complexity index is 588. The lowest BCUT2D eigenvalue weighted by Gasteiger charge is -2.09. The Labute approximate surface area is 119 Å². The molecule has 0 radical (unpaired) electrons. The van der Waals surface area contributed by atoms with Gasteiger partial charge in [0.05, 0.1) is 0 Å². The average molecular weight is 303 g/mol. The van der Waals surface area contributed by atoms with Crippen LogP contribution in [-0.2, 0) is 12.5 Å². The van der Waals surface area contributed by atoms with E-state index >= 15 is 0 Å². The molecule has 0 fully saturated rings. The van der Waals surface area contributed by atoms with Gasteiger partial charge >= 0.3 is 0 Å². The quantitative estimate of drug-likeness (QED) is 0.727. The summed E-state index contributed by atoms with van der Waals surface area (Å²) in [5.74, 6) is -0.382. The highest BCUT2D eigenvalue weighted by atomic mass is 35.5. The molecule has 0 amide bonds. The lowest BCUT2D eigenvalue weighted by atomic mass is 10.2. The smallest absolute Gasteiger partial charge is 0.129 e. The fraction of sp³-hybridized carbons (Fsp3) is 0.143. The molecular formula is C14H10Cl2F2O. The maximum atomic E-state index is 13.5. The molecule has 0 saturated heterocycles. The van der Waals surface area contributed by atoms with Gasteiger partial charge in [-0.2, -0.15) is 0 Å². The molecule has 0 heterocycles. The molecule has 0 aliphatic carbocycles. The second-order valence-corrected chi connectivity index (χ2v) is 4.66. The van der Waals surface area contributed by atoms with Gasteiger partial charge in [0, 0.05) is 22.5 Å². The number of hydrogen-bond acceptors (Lipinski definition) is 1. The van der Waals surface area contributed by atoms with Gasteiger partial charge in [-0.25, -0.2) is 8.78 Å². The summed E-state index contributed by atoms with van der Waals surface area (Å²) in [5.41, 5.74) is 0.910. The molecule has 0 bridgehead atoms. The molecule has 100 valence electrons. The van der Waals surface area contributed by atoms with Crippen molar-refractivity contribution in [2.75, 3.05) is 0 Å². The first-order chi connectivity index (χ1) is 9.08. The molecule has 0 saturated carbocycles. The molecule has 5 heteroatoms. The summed E-state index contributed by atoms with van der Waals surface area (Å²) in [7, 11) is 0. The van der Waals surface area contributed by atoms with Crippen LogP contribution in [0.1, 0.15) is 11.1 Å². The summed E-state index contributed by atoms with van der Waals surface area (Å²) in [6, 6.07) is 8.33. The van der Waals surface area contributed by atoms with Gasteiger partial charge in [-0.1, -0.05) is 11.6 Å². The van der Waals surface area contributed by atoms with Gasteiger partial charge in [-0.15, -0.1) is 11.6 Å². The van der Waals surface area contributed by atoms with E-state index in [2.05, 4.69) is 0 Å². The van der Waals surface area contributed by atoms with Crippen molar-refractivity contribution in [1.29, 1.82) is 0 Å². The molecule has 0 aliphatic heterocycles. The standard InChI is InChI=1S/C14H10Cl2F2O/c15-7-9-3-12(17)6-13(4-9)19-8-10-5-11(16)1-2-14(10)18/h1-6H,7-8H2. The first-order valence-electron chi connectivity index (χ1n) is 5.50. The molecular weight excluding hydrogens is 293 g/mol. The van der Waals surface area contributed by atoms with Crippen molar-refractivity contribution < 1.29 is 13.5 Å². The molecule has 2 aromatic carbocycles. The van der Waals surface area contributed by atoms with E-state index in [0.717, 1.165) is 0 Å². The zero-order valence-electron chi connectivity index (χ0n) is 9.80. The Balaban J connectivity index is 2.14. The van der Waals surface area contributed by atoms with Crippen LogP contribution in [0.25, 0.3) is 0 Å². The summed E-state index contributed by atoms with van der Waals surface area (Å²) in [6.07, 6.45) is 0. The van der Waals surface area contributed by atoms with Crippen molar-refractivity contribution in [3.63, 3.8) is 0 Å². The van der Waals surface area contributed by atoms with Gasteiger partial charge in [-0.3, -0.25) is 0 Å². The second kappa shape index (κ2) is 6.22. The van der Waals surface area contributed by atoms with Gasteiger partial charge in [0.1, 0.15) is 24.0 Å². The van der Waals surface area contributed by atoms with E-state index in [0.29, 0.717) is 21.9 Å². The second-order valence-electron chi connectivity index (χ2n) is 3.95. The van der Waals surface area contributed by atoms with Crippen LogP contribution < -0.4 is 4.74 Å². The average Bonchev–Trinajstić information content (AvgIpc) is 2.39. The number of rotatable bonds is 4. The Morgan fingerprint density at radius 2 is 1.84 bits per heavy atom. The normalized spacial score (nSPS) is 10.5. The van der Waals surface area contributed by atoms with E-state index in [1.54, 1.807) is 6.07 Å². The molecule has 19 heavy (non-hydrogen) atoms. The van der Waals surface area contributed by atoms with Crippen molar-refractivity contribution in [2.24, 2.45) is 0 Å². The lowest BCUT2D eigenvalue weighted by molar-refractivity contribution is 0.298. The maximum absolute atomic E-state index is 13.5. The van der Waals surface area contributed by atoms with Crippen molar-refractivity contribution in [1.82, 2.24) is 0 Å². The van der Waals surface area contributed by atoms with Crippen molar-refractivity contribution in [3.05, 3.63) is 64.2 Å². The fourth-order valence-corrected chi connectivity index (χ4v) is 1.95. The first kappa shape index (κ1) is 14.1. The number of ether oxygens (including phenoxy) is 1. The highest BCUT2D eigenvalue weighted by molar-refractivity contribution is 6.30. The Kier molecular flexibility index (Phi) is 4.61. The van der Waals surface area contributed by atoms with E-state index in [9.17, 15) is 8.78 Å². The summed E-state index contributed by atoms with van der Waals surface area (Å²) in [5, 5.41) is 0.417. The van der Waals surface area contributed by atoms with Crippen LogP contribution in [0.15, 0.2) is 36.4 Å². The molecule has 1 nitrogen and oxygen atoms in total. The summed E-state index contributed by atoms with van der Waals surface area (Å²) in [6.45, 7) is -0.0302. The lowest BCUT2D eigenvalue weighted by Crippen LogP contribution is -1.99. The van der Waals surface area contributed by atoms with Gasteiger partial charge < -0.3 is 4.74 Å². The van der Waals surface area contributed by atoms with Crippen LogP contribution in [0.4, 0.5) is 8.78 Å². The predicted octanol–water partition coefficient (Wildman–Crippen LogP) is 4.94. The molecule has 2 rings (SSSR count). The zero-order valence-corrected chi connectivity index (χ0v) is 11.3. The van der Waals surface area contributed by atoms with E-state index in [-0.39, 0.29) is 12.5 Å². The van der Waals surface area contributed by atoms with Crippen molar-refractivity contribution in [3.8, 4) is 5.75 Å². The molecule has 0 unspecified atom stereocenters. The fourth-order valence-electron chi connectivity index (χ4n) is 1.60. The van der Waals surface area contributed by atoms with Crippen LogP contribution in [0.5, 0.6) is 5.75 Å². The van der Waals surface area contributed by atoms with Crippen LogP contribution in [-0.4, -0.2) is 0 Å². The largest absolute Gasteiger partial charge is 0.489 e. The van der Waals surface area contributed by atoms with Crippen LogP contribution in [0, 0.1) is 11.6 Å². The molecule has 0 spiro atoms. The van der Waals surface area contributed by atoms with Gasteiger partial charge in [0.2, 0.25) is 0 Å². The number of benzene rings is 2. The van der Waals surface area contributed by atoms with Crippen LogP contribution >= 0.6 is 23.2 Å². The van der Waals surface area contributed by atoms with Crippen molar-refractivity contribution in [2.45, 2.75) is 12.5 Å². The minimum Gasteiger partial charge on any atom is -0.489 e. The summed E-state index contributed by atoms with van der Waals surface area (Å²) in [4.78, 5) is 0. The van der Waals surface area contributed by atoms with Crippen LogP contribution in [0.2, 0.25) is 5.02 Å². The number of halogens is 4. The minimum absolute atomic E-state index is 0.0302. The van der Waals surface area contributed by atoms with E-state index in [4.69, 9.17) is 27.9 Å². The van der Waals surface area contributed by atoms with E-state index in [1.165, 1.54) is 30.3 Å². The molecule has 0 aliphatic rings. The maximum Gasteiger partial charge on any atom is 0.129 e. The first-order valence-corrected chi connectivity index (χ1v) is 6.42. The van der Waals surface area contributed by atoms with Gasteiger partial charge in [-0.05, 0) is 35.9 Å².